The third-order valence-electron chi connectivity index (χ3n) is 3.38. The Labute approximate surface area is 130 Å². The predicted octanol–water partition coefficient (Wildman–Crippen LogP) is 2.47. The van der Waals surface area contributed by atoms with Gasteiger partial charge in [-0.05, 0) is 18.9 Å². The van der Waals surface area contributed by atoms with Gasteiger partial charge in [0.1, 0.15) is 0 Å². The van der Waals surface area contributed by atoms with Crippen molar-refractivity contribution in [3.63, 3.8) is 0 Å². The van der Waals surface area contributed by atoms with E-state index < -0.39 is 0 Å². The van der Waals surface area contributed by atoms with Crippen LogP contribution >= 0.6 is 23.1 Å². The molecule has 21 heavy (non-hydrogen) atoms. The number of thiazole rings is 1. The third kappa shape index (κ3) is 2.73. The van der Waals surface area contributed by atoms with Gasteiger partial charge in [0, 0.05) is 36.6 Å². The molecule has 3 aromatic heterocycles. The molecule has 0 N–H and O–H groups in total. The van der Waals surface area contributed by atoms with Crippen molar-refractivity contribution in [3.05, 3.63) is 29.5 Å². The van der Waals surface area contributed by atoms with E-state index in [1.165, 1.54) is 12.8 Å². The average Bonchev–Trinajstić information content (AvgIpc) is 3.10. The Balaban J connectivity index is 1.44. The van der Waals surface area contributed by atoms with Gasteiger partial charge in [-0.25, -0.2) is 14.5 Å². The van der Waals surface area contributed by atoms with Gasteiger partial charge in [0.2, 0.25) is 5.16 Å². The summed E-state index contributed by atoms with van der Waals surface area (Å²) in [5, 5.41) is 8.34. The second-order valence-corrected chi connectivity index (χ2v) is 6.79. The van der Waals surface area contributed by atoms with Gasteiger partial charge >= 0.3 is 0 Å². The summed E-state index contributed by atoms with van der Waals surface area (Å²) >= 11 is 3.30. The van der Waals surface area contributed by atoms with Gasteiger partial charge in [-0.3, -0.25) is 0 Å². The van der Waals surface area contributed by atoms with Gasteiger partial charge in [0.25, 0.3) is 5.78 Å². The van der Waals surface area contributed by atoms with Crippen molar-refractivity contribution >= 4 is 34.0 Å². The van der Waals surface area contributed by atoms with E-state index in [2.05, 4.69) is 37.4 Å². The summed E-state index contributed by atoms with van der Waals surface area (Å²) in [7, 11) is 2.13. The van der Waals surface area contributed by atoms with Crippen LogP contribution in [0, 0.1) is 0 Å². The summed E-state index contributed by atoms with van der Waals surface area (Å²) in [5.74, 6) is 1.42. The van der Waals surface area contributed by atoms with Crippen molar-refractivity contribution in [3.8, 4) is 0 Å². The molecule has 3 heterocycles. The maximum atomic E-state index is 4.69. The summed E-state index contributed by atoms with van der Waals surface area (Å²) in [4.78, 5) is 15.5. The van der Waals surface area contributed by atoms with Crippen LogP contribution in [0.15, 0.2) is 29.0 Å². The molecule has 0 unspecified atom stereocenters. The van der Waals surface area contributed by atoms with E-state index in [9.17, 15) is 0 Å². The smallest absolute Gasteiger partial charge is 0.253 e. The van der Waals surface area contributed by atoms with Gasteiger partial charge in [-0.15, -0.1) is 16.4 Å². The van der Waals surface area contributed by atoms with Crippen molar-refractivity contribution in [2.24, 2.45) is 0 Å². The molecule has 3 aromatic rings. The highest BCUT2D eigenvalue weighted by molar-refractivity contribution is 7.98. The number of fused-ring (bicyclic) bond motifs is 1. The molecule has 6 nitrogen and oxygen atoms in total. The minimum Gasteiger partial charge on any atom is -0.348 e. The second-order valence-electron chi connectivity index (χ2n) is 5.01. The number of nitrogens with zero attached hydrogens (tertiary/aromatic N) is 6. The van der Waals surface area contributed by atoms with Crippen LogP contribution in [0.5, 0.6) is 0 Å². The second kappa shape index (κ2) is 5.27. The highest BCUT2D eigenvalue weighted by atomic mass is 32.2. The number of aromatic nitrogens is 5. The largest absolute Gasteiger partial charge is 0.348 e. The molecule has 0 bridgehead atoms. The van der Waals surface area contributed by atoms with E-state index in [1.54, 1.807) is 33.8 Å². The van der Waals surface area contributed by atoms with E-state index in [4.69, 9.17) is 0 Å². The first kappa shape index (κ1) is 13.0. The van der Waals surface area contributed by atoms with Crippen molar-refractivity contribution in [1.82, 2.24) is 24.6 Å². The van der Waals surface area contributed by atoms with E-state index in [0.717, 1.165) is 21.7 Å². The summed E-state index contributed by atoms with van der Waals surface area (Å²) in [5.41, 5.74) is 1.08. The lowest BCUT2D eigenvalue weighted by atomic mass is 10.6. The fourth-order valence-electron chi connectivity index (χ4n) is 2.06. The van der Waals surface area contributed by atoms with Crippen LogP contribution in [-0.2, 0) is 5.75 Å². The molecule has 1 aliphatic rings. The fraction of sp³-hybridized carbons (Fsp3) is 0.385. The highest BCUT2D eigenvalue weighted by Crippen LogP contribution is 2.32. The van der Waals surface area contributed by atoms with Crippen LogP contribution in [0.25, 0.3) is 5.78 Å². The molecule has 4 rings (SSSR count). The maximum Gasteiger partial charge on any atom is 0.253 e. The van der Waals surface area contributed by atoms with E-state index in [1.807, 2.05) is 12.3 Å². The molecule has 108 valence electrons. The molecule has 1 aliphatic carbocycles. The Kier molecular flexibility index (Phi) is 3.27. The molecule has 1 fully saturated rings. The van der Waals surface area contributed by atoms with Gasteiger partial charge in [-0.1, -0.05) is 11.8 Å². The first-order chi connectivity index (χ1) is 10.3. The standard InChI is InChI=1S/C13H14N6S2/c1-18(10-3-4-10)13-15-9(8-21-13)7-20-12-16-11-14-5-2-6-19(11)17-12/h2,5-6,8,10H,3-4,7H2,1H3. The fourth-order valence-corrected chi connectivity index (χ4v) is 3.74. The monoisotopic (exact) mass is 318 g/mol. The van der Waals surface area contributed by atoms with Crippen LogP contribution in [0.2, 0.25) is 0 Å². The Hall–Kier alpha value is -1.67. The minimum atomic E-state index is 0.632. The first-order valence-electron chi connectivity index (χ1n) is 6.77. The zero-order chi connectivity index (χ0) is 14.2. The summed E-state index contributed by atoms with van der Waals surface area (Å²) in [6, 6.07) is 2.54. The summed E-state index contributed by atoms with van der Waals surface area (Å²) in [6.45, 7) is 0. The number of anilines is 1. The zero-order valence-electron chi connectivity index (χ0n) is 11.5. The summed E-state index contributed by atoms with van der Waals surface area (Å²) < 4.78 is 1.69. The van der Waals surface area contributed by atoms with Crippen LogP contribution in [-0.4, -0.2) is 37.7 Å². The molecular weight excluding hydrogens is 304 g/mol. The molecular formula is C13H14N6S2. The summed E-state index contributed by atoms with van der Waals surface area (Å²) in [6.07, 6.45) is 6.15. The van der Waals surface area contributed by atoms with Gasteiger partial charge in [-0.2, -0.15) is 4.98 Å². The van der Waals surface area contributed by atoms with Crippen LogP contribution in [0.4, 0.5) is 5.13 Å². The molecule has 0 amide bonds. The van der Waals surface area contributed by atoms with Crippen molar-refractivity contribution in [2.75, 3.05) is 11.9 Å². The zero-order valence-corrected chi connectivity index (χ0v) is 13.1. The van der Waals surface area contributed by atoms with E-state index in [-0.39, 0.29) is 0 Å². The lowest BCUT2D eigenvalue weighted by Gasteiger charge is -2.13. The van der Waals surface area contributed by atoms with Crippen molar-refractivity contribution in [1.29, 1.82) is 0 Å². The Morgan fingerprint density at radius 1 is 1.43 bits per heavy atom. The molecule has 1 saturated carbocycles. The predicted molar refractivity (Wildman–Crippen MR) is 83.9 cm³/mol. The molecule has 0 atom stereocenters. The number of hydrogen-bond donors (Lipinski definition) is 0. The minimum absolute atomic E-state index is 0.632. The number of thioether (sulfide) groups is 1. The number of hydrogen-bond acceptors (Lipinski definition) is 7. The molecule has 0 spiro atoms. The molecule has 0 aliphatic heterocycles. The van der Waals surface area contributed by atoms with Gasteiger partial charge < -0.3 is 4.90 Å². The van der Waals surface area contributed by atoms with Gasteiger partial charge in [0.05, 0.1) is 5.69 Å². The molecule has 0 saturated heterocycles. The van der Waals surface area contributed by atoms with E-state index >= 15 is 0 Å². The van der Waals surface area contributed by atoms with Crippen molar-refractivity contribution in [2.45, 2.75) is 29.8 Å². The Bertz CT molecular complexity index is 730. The lowest BCUT2D eigenvalue weighted by Crippen LogP contribution is -2.18. The van der Waals surface area contributed by atoms with Crippen LogP contribution in [0.1, 0.15) is 18.5 Å². The van der Waals surface area contributed by atoms with E-state index in [0.29, 0.717) is 11.8 Å². The molecule has 0 aromatic carbocycles. The topological polar surface area (TPSA) is 59.2 Å². The molecule has 8 heteroatoms. The third-order valence-corrected chi connectivity index (χ3v) is 5.23. The Morgan fingerprint density at radius 2 is 2.33 bits per heavy atom. The first-order valence-corrected chi connectivity index (χ1v) is 8.63. The normalized spacial score (nSPS) is 14.7. The quantitative estimate of drug-likeness (QED) is 0.674. The van der Waals surface area contributed by atoms with Crippen molar-refractivity contribution < 1.29 is 0 Å². The Morgan fingerprint density at radius 3 is 3.14 bits per heavy atom. The SMILES string of the molecule is CN(c1nc(CSc2nc3ncccn3n2)cs1)C1CC1. The lowest BCUT2D eigenvalue weighted by molar-refractivity contribution is 0.878. The number of rotatable bonds is 5. The molecule has 0 radical (unpaired) electrons. The average molecular weight is 318 g/mol. The van der Waals surface area contributed by atoms with Crippen LogP contribution < -0.4 is 4.90 Å². The van der Waals surface area contributed by atoms with Gasteiger partial charge in [0.15, 0.2) is 5.13 Å². The highest BCUT2D eigenvalue weighted by Gasteiger charge is 2.27. The van der Waals surface area contributed by atoms with Crippen LogP contribution in [0.3, 0.4) is 0 Å². The maximum absolute atomic E-state index is 4.69.